The molecule has 2 aromatic carbocycles. The summed E-state index contributed by atoms with van der Waals surface area (Å²) < 4.78 is 4.79. The molecule has 2 aliphatic rings. The highest BCUT2D eigenvalue weighted by Gasteiger charge is 2.16. The molecule has 0 fully saturated rings. The molecular weight excluding hydrogens is 364 g/mol. The van der Waals surface area contributed by atoms with Gasteiger partial charge in [-0.15, -0.1) is 0 Å². The summed E-state index contributed by atoms with van der Waals surface area (Å²) in [6, 6.07) is 22.7. The Kier molecular flexibility index (Phi) is 4.37. The molecule has 6 rings (SSSR count). The molecule has 2 aliphatic carbocycles. The SMILES string of the molecule is c1cc(-c2ccc(-n3ccc4c3CCCC4)cc2)cc(-n2ccc3c2CCCC3)c1. The maximum absolute atomic E-state index is 2.40. The van der Waals surface area contributed by atoms with Crippen molar-refractivity contribution in [3.63, 3.8) is 0 Å². The van der Waals surface area contributed by atoms with Gasteiger partial charge in [-0.3, -0.25) is 0 Å². The molecule has 30 heavy (non-hydrogen) atoms. The van der Waals surface area contributed by atoms with Gasteiger partial charge in [0.1, 0.15) is 0 Å². The van der Waals surface area contributed by atoms with Gasteiger partial charge in [-0.05, 0) is 110 Å². The number of aryl methyl sites for hydroxylation is 2. The second-order valence-corrected chi connectivity index (χ2v) is 8.83. The fraction of sp³-hybridized carbons (Fsp3) is 0.286. The van der Waals surface area contributed by atoms with Crippen molar-refractivity contribution in [2.45, 2.75) is 51.4 Å². The molecule has 0 N–H and O–H groups in total. The van der Waals surface area contributed by atoms with Gasteiger partial charge in [-0.1, -0.05) is 24.3 Å². The minimum absolute atomic E-state index is 1.20. The topological polar surface area (TPSA) is 9.86 Å². The van der Waals surface area contributed by atoms with Crippen LogP contribution in [0, 0.1) is 0 Å². The van der Waals surface area contributed by atoms with Crippen molar-refractivity contribution in [3.8, 4) is 22.5 Å². The fourth-order valence-corrected chi connectivity index (χ4v) is 5.38. The van der Waals surface area contributed by atoms with Crippen LogP contribution in [-0.2, 0) is 25.7 Å². The van der Waals surface area contributed by atoms with Crippen molar-refractivity contribution in [2.75, 3.05) is 0 Å². The zero-order valence-corrected chi connectivity index (χ0v) is 17.5. The average Bonchev–Trinajstić information content (AvgIpc) is 3.44. The minimum atomic E-state index is 1.20. The zero-order valence-electron chi connectivity index (χ0n) is 17.5. The summed E-state index contributed by atoms with van der Waals surface area (Å²) >= 11 is 0. The van der Waals surface area contributed by atoms with Gasteiger partial charge in [0.05, 0.1) is 0 Å². The van der Waals surface area contributed by atoms with Crippen LogP contribution in [0.5, 0.6) is 0 Å². The highest BCUT2D eigenvalue weighted by Crippen LogP contribution is 2.29. The van der Waals surface area contributed by atoms with E-state index in [9.17, 15) is 0 Å². The van der Waals surface area contributed by atoms with Gasteiger partial charge in [0.15, 0.2) is 0 Å². The van der Waals surface area contributed by atoms with Gasteiger partial charge >= 0.3 is 0 Å². The summed E-state index contributed by atoms with van der Waals surface area (Å²) in [6.45, 7) is 0. The van der Waals surface area contributed by atoms with E-state index in [4.69, 9.17) is 0 Å². The summed E-state index contributed by atoms with van der Waals surface area (Å²) in [4.78, 5) is 0. The lowest BCUT2D eigenvalue weighted by Crippen LogP contribution is -2.06. The van der Waals surface area contributed by atoms with Gasteiger partial charge in [-0.2, -0.15) is 0 Å². The van der Waals surface area contributed by atoms with E-state index in [2.05, 4.69) is 82.2 Å². The molecule has 0 unspecified atom stereocenters. The van der Waals surface area contributed by atoms with Crippen LogP contribution in [0.3, 0.4) is 0 Å². The van der Waals surface area contributed by atoms with Crippen molar-refractivity contribution in [3.05, 3.63) is 95.6 Å². The van der Waals surface area contributed by atoms with Crippen LogP contribution in [0.25, 0.3) is 22.5 Å². The van der Waals surface area contributed by atoms with Gasteiger partial charge in [0.2, 0.25) is 0 Å². The first-order valence-corrected chi connectivity index (χ1v) is 11.5. The number of hydrogen-bond acceptors (Lipinski definition) is 0. The third-order valence-electron chi connectivity index (χ3n) is 7.00. The lowest BCUT2D eigenvalue weighted by Gasteiger charge is -2.17. The molecule has 150 valence electrons. The summed E-state index contributed by atoms with van der Waals surface area (Å²) in [6.07, 6.45) is 14.6. The van der Waals surface area contributed by atoms with Gasteiger partial charge < -0.3 is 9.13 Å². The smallest absolute Gasteiger partial charge is 0.0458 e. The molecule has 2 heteroatoms. The Balaban J connectivity index is 1.32. The first-order chi connectivity index (χ1) is 14.9. The van der Waals surface area contributed by atoms with Crippen molar-refractivity contribution in [1.29, 1.82) is 0 Å². The second kappa shape index (κ2) is 7.36. The van der Waals surface area contributed by atoms with Gasteiger partial charge in [0, 0.05) is 35.2 Å². The number of hydrogen-bond donors (Lipinski definition) is 0. The van der Waals surface area contributed by atoms with Crippen LogP contribution in [0.2, 0.25) is 0 Å². The van der Waals surface area contributed by atoms with Gasteiger partial charge in [-0.25, -0.2) is 0 Å². The molecule has 2 heterocycles. The molecule has 0 atom stereocenters. The van der Waals surface area contributed by atoms with Gasteiger partial charge in [0.25, 0.3) is 0 Å². The van der Waals surface area contributed by atoms with Crippen molar-refractivity contribution < 1.29 is 0 Å². The third kappa shape index (κ3) is 3.02. The summed E-state index contributed by atoms with van der Waals surface area (Å²) in [5.74, 6) is 0. The molecule has 0 saturated heterocycles. The molecule has 0 saturated carbocycles. The number of aromatic nitrogens is 2. The number of nitrogens with zero attached hydrogens (tertiary/aromatic N) is 2. The molecular formula is C28H28N2. The van der Waals surface area contributed by atoms with E-state index in [1.165, 1.54) is 96.4 Å². The third-order valence-corrected chi connectivity index (χ3v) is 7.00. The van der Waals surface area contributed by atoms with E-state index in [1.54, 1.807) is 0 Å². The van der Waals surface area contributed by atoms with Crippen LogP contribution in [-0.4, -0.2) is 9.13 Å². The lowest BCUT2D eigenvalue weighted by atomic mass is 9.98. The first kappa shape index (κ1) is 17.8. The monoisotopic (exact) mass is 392 g/mol. The maximum Gasteiger partial charge on any atom is 0.0458 e. The van der Waals surface area contributed by atoms with Crippen LogP contribution in [0.15, 0.2) is 73.1 Å². The van der Waals surface area contributed by atoms with Crippen LogP contribution >= 0.6 is 0 Å². The molecule has 4 aromatic rings. The number of rotatable bonds is 3. The second-order valence-electron chi connectivity index (χ2n) is 8.83. The Hall–Kier alpha value is -3.00. The van der Waals surface area contributed by atoms with Crippen molar-refractivity contribution in [2.24, 2.45) is 0 Å². The predicted octanol–water partition coefficient (Wildman–Crippen LogP) is 6.69. The maximum atomic E-state index is 2.40. The highest BCUT2D eigenvalue weighted by atomic mass is 15.0. The quantitative estimate of drug-likeness (QED) is 0.367. The largest absolute Gasteiger partial charge is 0.321 e. The Morgan fingerprint density at radius 1 is 0.500 bits per heavy atom. The molecule has 2 nitrogen and oxygen atoms in total. The molecule has 0 aliphatic heterocycles. The van der Waals surface area contributed by atoms with E-state index < -0.39 is 0 Å². The van der Waals surface area contributed by atoms with Crippen molar-refractivity contribution in [1.82, 2.24) is 9.13 Å². The van der Waals surface area contributed by atoms with Crippen LogP contribution in [0.4, 0.5) is 0 Å². The summed E-state index contributed by atoms with van der Waals surface area (Å²) in [5.41, 5.74) is 11.2. The van der Waals surface area contributed by atoms with E-state index in [0.29, 0.717) is 0 Å². The number of benzene rings is 2. The van der Waals surface area contributed by atoms with Crippen molar-refractivity contribution >= 4 is 0 Å². The fourth-order valence-electron chi connectivity index (χ4n) is 5.38. The molecule has 0 bridgehead atoms. The first-order valence-electron chi connectivity index (χ1n) is 11.5. The normalized spacial score (nSPS) is 15.6. The summed E-state index contributed by atoms with van der Waals surface area (Å²) in [7, 11) is 0. The van der Waals surface area contributed by atoms with E-state index in [1.807, 2.05) is 0 Å². The van der Waals surface area contributed by atoms with E-state index in [-0.39, 0.29) is 0 Å². The Morgan fingerprint density at radius 2 is 1.10 bits per heavy atom. The highest BCUT2D eigenvalue weighted by molar-refractivity contribution is 5.67. The summed E-state index contributed by atoms with van der Waals surface area (Å²) in [5, 5.41) is 0. The van der Waals surface area contributed by atoms with Crippen LogP contribution in [0.1, 0.15) is 48.2 Å². The molecule has 0 spiro atoms. The minimum Gasteiger partial charge on any atom is -0.321 e. The number of fused-ring (bicyclic) bond motifs is 2. The lowest BCUT2D eigenvalue weighted by molar-refractivity contribution is 0.663. The zero-order chi connectivity index (χ0) is 19.9. The van der Waals surface area contributed by atoms with E-state index in [0.717, 1.165) is 0 Å². The average molecular weight is 393 g/mol. The standard InChI is InChI=1S/C28H28N2/c1-3-10-27-22(6-1)16-18-29(27)25-14-12-21(13-15-25)24-8-5-9-26(20-24)30-19-17-23-7-2-4-11-28(23)30/h5,8-9,12-20H,1-4,6-7,10-11H2. The predicted molar refractivity (Wildman–Crippen MR) is 124 cm³/mol. The van der Waals surface area contributed by atoms with Crippen LogP contribution < -0.4 is 0 Å². The Morgan fingerprint density at radius 3 is 1.77 bits per heavy atom. The van der Waals surface area contributed by atoms with E-state index >= 15 is 0 Å². The Labute approximate surface area is 178 Å². The molecule has 0 amide bonds. The molecule has 2 aromatic heterocycles. The molecule has 0 radical (unpaired) electrons. The Bertz CT molecular complexity index is 1190.